The highest BCUT2D eigenvalue weighted by Crippen LogP contribution is 2.25. The van der Waals surface area contributed by atoms with Gasteiger partial charge in [0.25, 0.3) is 10.9 Å². The molecule has 0 atom stereocenters. The molecule has 0 aliphatic rings. The summed E-state index contributed by atoms with van der Waals surface area (Å²) < 4.78 is 0. The van der Waals surface area contributed by atoms with Crippen molar-refractivity contribution in [1.29, 1.82) is 0 Å². The highest BCUT2D eigenvalue weighted by atomic mass is 16.2. The molecule has 0 bridgehead atoms. The van der Waals surface area contributed by atoms with E-state index in [1.54, 1.807) is 6.08 Å². The van der Waals surface area contributed by atoms with Crippen molar-refractivity contribution in [3.8, 4) is 0 Å². The zero-order valence-corrected chi connectivity index (χ0v) is 13.3. The number of rotatable bonds is 7. The van der Waals surface area contributed by atoms with Gasteiger partial charge in [-0.2, -0.15) is 0 Å². The van der Waals surface area contributed by atoms with Crippen LogP contribution in [0.15, 0.2) is 45.2 Å². The second-order valence-electron chi connectivity index (χ2n) is 5.23. The summed E-state index contributed by atoms with van der Waals surface area (Å²) in [4.78, 5) is 25.1. The molecule has 0 heterocycles. The van der Waals surface area contributed by atoms with Crippen molar-refractivity contribution in [2.24, 2.45) is 0 Å². The second kappa shape index (κ2) is 7.07. The largest absolute Gasteiger partial charge is 0.394 e. The molecular formula is C17H24N2O2. The minimum absolute atomic E-state index is 0.0669. The summed E-state index contributed by atoms with van der Waals surface area (Å²) in [5.74, 6) is 0. The number of nitrogens with zero attached hydrogens (tertiary/aromatic N) is 1. The van der Waals surface area contributed by atoms with Crippen molar-refractivity contribution in [3.05, 3.63) is 56.0 Å². The molecule has 0 aliphatic heterocycles. The summed E-state index contributed by atoms with van der Waals surface area (Å²) in [6, 6.07) is 0. The Balaban J connectivity index is 3.41. The summed E-state index contributed by atoms with van der Waals surface area (Å²) in [6.45, 7) is 12.5. The standard InChI is InChI=1S/C17H24N2O2/c1-6-9-19(15-14(18)16(20)17(15)21)13(11(4)5)10-12(7-2)8-3/h7,10H,2,6,8-9,18H2,1,3-5H3/b12-10+. The molecular weight excluding hydrogens is 264 g/mol. The summed E-state index contributed by atoms with van der Waals surface area (Å²) >= 11 is 0. The van der Waals surface area contributed by atoms with E-state index in [0.29, 0.717) is 12.2 Å². The summed E-state index contributed by atoms with van der Waals surface area (Å²) in [7, 11) is 0. The molecule has 0 amide bonds. The van der Waals surface area contributed by atoms with Crippen LogP contribution in [0.1, 0.15) is 40.5 Å². The fraction of sp³-hybridized carbons (Fsp3) is 0.412. The van der Waals surface area contributed by atoms with Crippen LogP contribution in [-0.2, 0) is 0 Å². The van der Waals surface area contributed by atoms with Crippen LogP contribution < -0.4 is 21.5 Å². The van der Waals surface area contributed by atoms with Gasteiger partial charge in [-0.05, 0) is 38.3 Å². The molecule has 1 aromatic carbocycles. The van der Waals surface area contributed by atoms with Crippen molar-refractivity contribution in [2.45, 2.75) is 40.5 Å². The van der Waals surface area contributed by atoms with Gasteiger partial charge in [0.15, 0.2) is 0 Å². The molecule has 4 heteroatoms. The van der Waals surface area contributed by atoms with Gasteiger partial charge >= 0.3 is 0 Å². The van der Waals surface area contributed by atoms with Crippen LogP contribution in [-0.4, -0.2) is 6.54 Å². The average molecular weight is 288 g/mol. The van der Waals surface area contributed by atoms with Crippen LogP contribution in [0.5, 0.6) is 0 Å². The number of allylic oxidation sites excluding steroid dienone is 4. The van der Waals surface area contributed by atoms with Crippen molar-refractivity contribution < 1.29 is 0 Å². The average Bonchev–Trinajstić information content (AvgIpc) is 2.47. The Kier molecular flexibility index (Phi) is 5.70. The highest BCUT2D eigenvalue weighted by Gasteiger charge is 2.25. The molecule has 21 heavy (non-hydrogen) atoms. The van der Waals surface area contributed by atoms with Gasteiger partial charge in [-0.15, -0.1) is 0 Å². The lowest BCUT2D eigenvalue weighted by Crippen LogP contribution is -2.42. The number of hydrogen-bond acceptors (Lipinski definition) is 4. The molecule has 1 aromatic rings. The Morgan fingerprint density at radius 2 is 1.86 bits per heavy atom. The fourth-order valence-corrected chi connectivity index (χ4v) is 2.21. The van der Waals surface area contributed by atoms with E-state index in [9.17, 15) is 9.59 Å². The van der Waals surface area contributed by atoms with Crippen molar-refractivity contribution >= 4 is 11.4 Å². The lowest BCUT2D eigenvalue weighted by Gasteiger charge is -2.28. The van der Waals surface area contributed by atoms with Gasteiger partial charge in [0.05, 0.1) is 0 Å². The molecule has 0 saturated carbocycles. The van der Waals surface area contributed by atoms with E-state index in [-0.39, 0.29) is 5.69 Å². The van der Waals surface area contributed by atoms with E-state index in [4.69, 9.17) is 5.73 Å². The Bertz CT molecular complexity index is 655. The van der Waals surface area contributed by atoms with E-state index in [1.165, 1.54) is 0 Å². The molecule has 0 saturated heterocycles. The molecule has 0 spiro atoms. The monoisotopic (exact) mass is 288 g/mol. The predicted molar refractivity (Wildman–Crippen MR) is 90.3 cm³/mol. The Morgan fingerprint density at radius 3 is 2.24 bits per heavy atom. The van der Waals surface area contributed by atoms with Gasteiger partial charge in [-0.3, -0.25) is 9.59 Å². The van der Waals surface area contributed by atoms with Gasteiger partial charge < -0.3 is 10.6 Å². The molecule has 1 rings (SSSR count). The molecule has 0 unspecified atom stereocenters. The van der Waals surface area contributed by atoms with Gasteiger partial charge in [0.1, 0.15) is 11.4 Å². The lowest BCUT2D eigenvalue weighted by molar-refractivity contribution is 0.844. The number of hydrogen-bond donors (Lipinski definition) is 1. The summed E-state index contributed by atoms with van der Waals surface area (Å²) in [6.07, 6.45) is 5.51. The minimum Gasteiger partial charge on any atom is -0.394 e. The van der Waals surface area contributed by atoms with Gasteiger partial charge in [-0.1, -0.05) is 32.1 Å². The van der Waals surface area contributed by atoms with E-state index in [1.807, 2.05) is 38.7 Å². The number of anilines is 2. The van der Waals surface area contributed by atoms with E-state index in [2.05, 4.69) is 6.58 Å². The van der Waals surface area contributed by atoms with E-state index in [0.717, 1.165) is 29.7 Å². The third-order valence-electron chi connectivity index (χ3n) is 3.43. The normalized spacial score (nSPS) is 11.5. The first-order valence-corrected chi connectivity index (χ1v) is 7.25. The molecule has 0 aliphatic carbocycles. The number of nitrogens with two attached hydrogens (primary N) is 1. The molecule has 0 radical (unpaired) electrons. The summed E-state index contributed by atoms with van der Waals surface area (Å²) in [5.41, 5.74) is 8.09. The van der Waals surface area contributed by atoms with Crippen LogP contribution >= 0.6 is 0 Å². The zero-order valence-electron chi connectivity index (χ0n) is 13.3. The van der Waals surface area contributed by atoms with Gasteiger partial charge in [0.2, 0.25) is 0 Å². The van der Waals surface area contributed by atoms with E-state index < -0.39 is 10.9 Å². The van der Waals surface area contributed by atoms with Crippen molar-refractivity contribution in [3.63, 3.8) is 0 Å². The van der Waals surface area contributed by atoms with Crippen LogP contribution in [0.3, 0.4) is 0 Å². The third kappa shape index (κ3) is 3.32. The van der Waals surface area contributed by atoms with Crippen molar-refractivity contribution in [2.75, 3.05) is 17.2 Å². The molecule has 114 valence electrons. The Morgan fingerprint density at radius 1 is 1.24 bits per heavy atom. The lowest BCUT2D eigenvalue weighted by atomic mass is 10.1. The Labute approximate surface area is 126 Å². The first kappa shape index (κ1) is 17.0. The maximum atomic E-state index is 11.8. The smallest absolute Gasteiger partial charge is 0.253 e. The van der Waals surface area contributed by atoms with Crippen molar-refractivity contribution in [1.82, 2.24) is 0 Å². The quantitative estimate of drug-likeness (QED) is 0.619. The fourth-order valence-electron chi connectivity index (χ4n) is 2.21. The van der Waals surface area contributed by atoms with Crippen LogP contribution in [0.2, 0.25) is 0 Å². The summed E-state index contributed by atoms with van der Waals surface area (Å²) in [5, 5.41) is 0. The van der Waals surface area contributed by atoms with Crippen LogP contribution in [0.25, 0.3) is 0 Å². The van der Waals surface area contributed by atoms with Gasteiger partial charge in [-0.25, -0.2) is 0 Å². The predicted octanol–water partition coefficient (Wildman–Crippen LogP) is 2.90. The molecule has 0 fully saturated rings. The van der Waals surface area contributed by atoms with Crippen LogP contribution in [0.4, 0.5) is 11.4 Å². The topological polar surface area (TPSA) is 63.4 Å². The number of nitrogen functional groups attached to an aromatic ring is 1. The maximum Gasteiger partial charge on any atom is 0.253 e. The third-order valence-corrected chi connectivity index (χ3v) is 3.43. The molecule has 4 nitrogen and oxygen atoms in total. The van der Waals surface area contributed by atoms with E-state index >= 15 is 0 Å². The maximum absolute atomic E-state index is 11.8. The molecule has 0 aromatic heterocycles. The molecule has 2 N–H and O–H groups in total. The highest BCUT2D eigenvalue weighted by molar-refractivity contribution is 5.75. The Hall–Kier alpha value is -2.10. The zero-order chi connectivity index (χ0) is 16.2. The second-order valence-corrected chi connectivity index (χ2v) is 5.23. The first-order chi connectivity index (χ1) is 9.88. The SMILES string of the molecule is C=C/C(=C\C(=C(C)C)N(CCC)c1c(N)c(=O)c1=O)CC. The van der Waals surface area contributed by atoms with Gasteiger partial charge in [0, 0.05) is 12.2 Å². The minimum atomic E-state index is -0.581. The van der Waals surface area contributed by atoms with Crippen LogP contribution in [0, 0.1) is 0 Å². The first-order valence-electron chi connectivity index (χ1n) is 7.25.